The van der Waals surface area contributed by atoms with E-state index >= 15 is 0 Å². The lowest BCUT2D eigenvalue weighted by molar-refractivity contribution is -0.148. The van der Waals surface area contributed by atoms with Crippen molar-refractivity contribution in [1.82, 2.24) is 4.72 Å². The van der Waals surface area contributed by atoms with E-state index in [0.717, 1.165) is 31.9 Å². The van der Waals surface area contributed by atoms with Crippen LogP contribution in [0.4, 0.5) is 0 Å². The molecular formula is C10H19NO4S. The maximum atomic E-state index is 11.8. The fourth-order valence-corrected chi connectivity index (χ4v) is 3.23. The smallest absolute Gasteiger partial charge is 0.327 e. The lowest BCUT2D eigenvalue weighted by Crippen LogP contribution is -2.54. The summed E-state index contributed by atoms with van der Waals surface area (Å²) < 4.78 is 29.8. The van der Waals surface area contributed by atoms with Crippen molar-refractivity contribution in [3.63, 3.8) is 0 Å². The van der Waals surface area contributed by atoms with Gasteiger partial charge in [0.25, 0.3) is 0 Å². The van der Waals surface area contributed by atoms with E-state index in [2.05, 4.69) is 4.72 Å². The number of rotatable bonds is 3. The molecule has 0 radical (unpaired) electrons. The Kier molecular flexibility index (Phi) is 4.32. The molecule has 16 heavy (non-hydrogen) atoms. The topological polar surface area (TPSA) is 72.5 Å². The molecule has 0 aromatic carbocycles. The highest BCUT2D eigenvalue weighted by molar-refractivity contribution is 7.88. The fourth-order valence-electron chi connectivity index (χ4n) is 2.23. The standard InChI is InChI=1S/C10H19NO4S/c1-15-9(12)10(11-16(2,13)14)7-5-3-4-6-8-10/h11H,3-8H2,1-2H3. The zero-order valence-electron chi connectivity index (χ0n) is 9.78. The van der Waals surface area contributed by atoms with Crippen LogP contribution in [0.2, 0.25) is 0 Å². The number of carbonyl (C=O) groups excluding carboxylic acids is 1. The Hall–Kier alpha value is -0.620. The van der Waals surface area contributed by atoms with E-state index in [1.165, 1.54) is 7.11 Å². The Morgan fingerprint density at radius 2 is 1.69 bits per heavy atom. The van der Waals surface area contributed by atoms with Gasteiger partial charge in [0.15, 0.2) is 0 Å². The fraction of sp³-hybridized carbons (Fsp3) is 0.900. The molecule has 0 heterocycles. The highest BCUT2D eigenvalue weighted by Gasteiger charge is 2.41. The summed E-state index contributed by atoms with van der Waals surface area (Å²) in [6.07, 6.45) is 5.87. The van der Waals surface area contributed by atoms with E-state index in [1.807, 2.05) is 0 Å². The van der Waals surface area contributed by atoms with Crippen molar-refractivity contribution < 1.29 is 17.9 Å². The molecule has 1 rings (SSSR count). The molecule has 0 spiro atoms. The first-order chi connectivity index (χ1) is 7.40. The number of esters is 1. The highest BCUT2D eigenvalue weighted by Crippen LogP contribution is 2.28. The largest absolute Gasteiger partial charge is 0.468 e. The molecule has 1 aliphatic carbocycles. The third-order valence-electron chi connectivity index (χ3n) is 2.91. The molecule has 0 aromatic heterocycles. The minimum absolute atomic E-state index is 0.472. The van der Waals surface area contributed by atoms with Crippen molar-refractivity contribution in [2.75, 3.05) is 13.4 Å². The normalized spacial score (nSPS) is 21.1. The van der Waals surface area contributed by atoms with Gasteiger partial charge in [0, 0.05) is 0 Å². The average molecular weight is 249 g/mol. The maximum absolute atomic E-state index is 11.8. The van der Waals surface area contributed by atoms with Crippen molar-refractivity contribution in [2.45, 2.75) is 44.1 Å². The zero-order chi connectivity index (χ0) is 12.2. The van der Waals surface area contributed by atoms with Gasteiger partial charge in [-0.25, -0.2) is 8.42 Å². The van der Waals surface area contributed by atoms with Crippen LogP contribution in [0.1, 0.15) is 38.5 Å². The van der Waals surface area contributed by atoms with Gasteiger partial charge in [0.2, 0.25) is 10.0 Å². The average Bonchev–Trinajstić information content (AvgIpc) is 2.40. The number of nitrogens with one attached hydrogen (secondary N) is 1. The number of hydrogen-bond donors (Lipinski definition) is 1. The summed E-state index contributed by atoms with van der Waals surface area (Å²) in [6, 6.07) is 0. The highest BCUT2D eigenvalue weighted by atomic mass is 32.2. The third kappa shape index (κ3) is 3.45. The van der Waals surface area contributed by atoms with Crippen LogP contribution in [0, 0.1) is 0 Å². The van der Waals surface area contributed by atoms with E-state index < -0.39 is 21.5 Å². The van der Waals surface area contributed by atoms with Gasteiger partial charge in [-0.3, -0.25) is 4.79 Å². The summed E-state index contributed by atoms with van der Waals surface area (Å²) in [5.74, 6) is -0.472. The van der Waals surface area contributed by atoms with Crippen molar-refractivity contribution in [2.24, 2.45) is 0 Å². The van der Waals surface area contributed by atoms with Crippen LogP contribution in [-0.4, -0.2) is 33.3 Å². The molecule has 94 valence electrons. The molecule has 0 atom stereocenters. The maximum Gasteiger partial charge on any atom is 0.327 e. The van der Waals surface area contributed by atoms with E-state index in [0.29, 0.717) is 12.8 Å². The van der Waals surface area contributed by atoms with Crippen LogP contribution >= 0.6 is 0 Å². The van der Waals surface area contributed by atoms with Crippen LogP contribution in [0.5, 0.6) is 0 Å². The summed E-state index contributed by atoms with van der Waals surface area (Å²) in [6.45, 7) is 0. The minimum atomic E-state index is -3.40. The Bertz CT molecular complexity index is 342. The lowest BCUT2D eigenvalue weighted by atomic mass is 9.92. The molecule has 0 aliphatic heterocycles. The van der Waals surface area contributed by atoms with Crippen molar-refractivity contribution >= 4 is 16.0 Å². The Balaban J connectivity index is 2.94. The Labute approximate surface area is 96.6 Å². The quantitative estimate of drug-likeness (QED) is 0.593. The second kappa shape index (κ2) is 5.14. The summed E-state index contributed by atoms with van der Waals surface area (Å²) in [4.78, 5) is 11.8. The number of carbonyl (C=O) groups is 1. The van der Waals surface area contributed by atoms with Gasteiger partial charge < -0.3 is 4.74 Å². The molecule has 5 nitrogen and oxygen atoms in total. The van der Waals surface area contributed by atoms with E-state index in [1.54, 1.807) is 0 Å². The van der Waals surface area contributed by atoms with Crippen molar-refractivity contribution in [3.8, 4) is 0 Å². The molecule has 0 saturated heterocycles. The Morgan fingerprint density at radius 1 is 1.19 bits per heavy atom. The van der Waals surface area contributed by atoms with Crippen molar-refractivity contribution in [3.05, 3.63) is 0 Å². The molecular weight excluding hydrogens is 230 g/mol. The molecule has 1 saturated carbocycles. The SMILES string of the molecule is COC(=O)C1(NS(C)(=O)=O)CCCCCC1. The molecule has 0 amide bonds. The second-order valence-electron chi connectivity index (χ2n) is 4.36. The molecule has 1 N–H and O–H groups in total. The molecule has 6 heteroatoms. The zero-order valence-corrected chi connectivity index (χ0v) is 10.6. The van der Waals surface area contributed by atoms with Crippen LogP contribution < -0.4 is 4.72 Å². The summed E-state index contributed by atoms with van der Waals surface area (Å²) in [7, 11) is -2.11. The number of sulfonamides is 1. The van der Waals surface area contributed by atoms with Gasteiger partial charge in [-0.2, -0.15) is 4.72 Å². The predicted molar refractivity (Wildman–Crippen MR) is 60.4 cm³/mol. The number of ether oxygens (including phenoxy) is 1. The van der Waals surface area contributed by atoms with Crippen LogP contribution in [-0.2, 0) is 19.6 Å². The van der Waals surface area contributed by atoms with Crippen molar-refractivity contribution in [1.29, 1.82) is 0 Å². The number of hydrogen-bond acceptors (Lipinski definition) is 4. The summed E-state index contributed by atoms with van der Waals surface area (Å²) >= 11 is 0. The second-order valence-corrected chi connectivity index (χ2v) is 6.11. The van der Waals surface area contributed by atoms with E-state index in [4.69, 9.17) is 4.74 Å². The summed E-state index contributed by atoms with van der Waals surface area (Å²) in [5.41, 5.74) is -1.04. The van der Waals surface area contributed by atoms with Crippen LogP contribution in [0.15, 0.2) is 0 Å². The van der Waals surface area contributed by atoms with Gasteiger partial charge in [0.1, 0.15) is 5.54 Å². The Morgan fingerprint density at radius 3 is 2.06 bits per heavy atom. The molecule has 0 unspecified atom stereocenters. The van der Waals surface area contributed by atoms with Crippen LogP contribution in [0.25, 0.3) is 0 Å². The van der Waals surface area contributed by atoms with Gasteiger partial charge in [-0.15, -0.1) is 0 Å². The first-order valence-electron chi connectivity index (χ1n) is 5.47. The van der Waals surface area contributed by atoms with E-state index in [-0.39, 0.29) is 0 Å². The third-order valence-corrected chi connectivity index (χ3v) is 3.68. The van der Waals surface area contributed by atoms with Gasteiger partial charge in [-0.05, 0) is 12.8 Å². The first-order valence-corrected chi connectivity index (χ1v) is 7.36. The van der Waals surface area contributed by atoms with Gasteiger partial charge in [0.05, 0.1) is 13.4 Å². The molecule has 1 aliphatic rings. The molecule has 0 bridgehead atoms. The van der Waals surface area contributed by atoms with Gasteiger partial charge >= 0.3 is 5.97 Å². The predicted octanol–water partition coefficient (Wildman–Crippen LogP) is 0.802. The van der Waals surface area contributed by atoms with Crippen LogP contribution in [0.3, 0.4) is 0 Å². The minimum Gasteiger partial charge on any atom is -0.468 e. The molecule has 1 fully saturated rings. The van der Waals surface area contributed by atoms with E-state index in [9.17, 15) is 13.2 Å². The monoisotopic (exact) mass is 249 g/mol. The lowest BCUT2D eigenvalue weighted by Gasteiger charge is -2.29. The number of methoxy groups -OCH3 is 1. The first kappa shape index (κ1) is 13.4. The van der Waals surface area contributed by atoms with Gasteiger partial charge in [-0.1, -0.05) is 25.7 Å². The molecule has 0 aromatic rings. The summed E-state index contributed by atoms with van der Waals surface area (Å²) in [5, 5.41) is 0.